The van der Waals surface area contributed by atoms with Gasteiger partial charge in [0.15, 0.2) is 5.69 Å². The van der Waals surface area contributed by atoms with Gasteiger partial charge in [0.25, 0.3) is 0 Å². The normalized spacial score (nSPS) is 10.2. The van der Waals surface area contributed by atoms with Gasteiger partial charge in [-0.1, -0.05) is 0 Å². The Labute approximate surface area is 111 Å². The van der Waals surface area contributed by atoms with E-state index in [2.05, 4.69) is 25.9 Å². The molecule has 2 rings (SSSR count). The first-order valence-electron chi connectivity index (χ1n) is 4.89. The van der Waals surface area contributed by atoms with Gasteiger partial charge in [0.05, 0.1) is 11.6 Å². The van der Waals surface area contributed by atoms with Crippen LogP contribution >= 0.6 is 15.9 Å². The predicted molar refractivity (Wildman–Crippen MR) is 67.2 cm³/mol. The second kappa shape index (κ2) is 5.18. The fourth-order valence-electron chi connectivity index (χ4n) is 1.26. The van der Waals surface area contributed by atoms with Gasteiger partial charge in [-0.15, -0.1) is 0 Å². The maximum absolute atomic E-state index is 13.3. The monoisotopic (exact) mass is 313 g/mol. The molecule has 0 bridgehead atoms. The van der Waals surface area contributed by atoms with E-state index < -0.39 is 5.82 Å². The first-order valence-corrected chi connectivity index (χ1v) is 5.68. The molecule has 0 amide bonds. The van der Waals surface area contributed by atoms with E-state index in [-0.39, 0.29) is 23.2 Å². The van der Waals surface area contributed by atoms with Crippen molar-refractivity contribution in [3.63, 3.8) is 0 Å². The van der Waals surface area contributed by atoms with Crippen LogP contribution in [0.4, 0.5) is 10.1 Å². The molecule has 2 N–H and O–H groups in total. The third-order valence-corrected chi connectivity index (χ3v) is 2.75. The van der Waals surface area contributed by atoms with Gasteiger partial charge in [-0.2, -0.15) is 9.97 Å². The smallest absolute Gasteiger partial charge is 0.249 e. The Morgan fingerprint density at radius 3 is 2.67 bits per heavy atom. The summed E-state index contributed by atoms with van der Waals surface area (Å²) in [6, 6.07) is 4.33. The fraction of sp³-hybridized carbons (Fsp3) is 0.0909. The Morgan fingerprint density at radius 2 is 2.00 bits per heavy atom. The Kier molecular flexibility index (Phi) is 3.61. The Balaban J connectivity index is 2.31. The third kappa shape index (κ3) is 2.51. The maximum Gasteiger partial charge on any atom is 0.249 e. The zero-order valence-electron chi connectivity index (χ0n) is 9.35. The Morgan fingerprint density at radius 1 is 1.28 bits per heavy atom. The average molecular weight is 314 g/mol. The Bertz CT molecular complexity index is 580. The molecule has 0 aliphatic carbocycles. The highest BCUT2D eigenvalue weighted by Crippen LogP contribution is 2.31. The number of anilines is 1. The lowest BCUT2D eigenvalue weighted by atomic mass is 10.3. The highest BCUT2D eigenvalue weighted by atomic mass is 79.9. The van der Waals surface area contributed by atoms with Gasteiger partial charge in [0.2, 0.25) is 11.8 Å². The standard InChI is InChI=1S/C11H9BrFN3O2/c1-17-10-9(14)11(16-5-15-10)18-6-2-3-7(12)8(13)4-6/h2-5H,14H2,1H3. The molecule has 18 heavy (non-hydrogen) atoms. The van der Waals surface area contributed by atoms with Crippen molar-refractivity contribution in [1.29, 1.82) is 0 Å². The third-order valence-electron chi connectivity index (χ3n) is 2.11. The van der Waals surface area contributed by atoms with E-state index in [0.29, 0.717) is 4.47 Å². The number of hydrogen-bond acceptors (Lipinski definition) is 5. The number of ether oxygens (including phenoxy) is 2. The first kappa shape index (κ1) is 12.6. The lowest BCUT2D eigenvalue weighted by Crippen LogP contribution is -2.00. The number of methoxy groups -OCH3 is 1. The molecule has 0 saturated carbocycles. The van der Waals surface area contributed by atoms with Crippen molar-refractivity contribution >= 4 is 21.6 Å². The number of nitrogen functional groups attached to an aromatic ring is 1. The lowest BCUT2D eigenvalue weighted by Gasteiger charge is -2.09. The number of rotatable bonds is 3. The Hall–Kier alpha value is -1.89. The topological polar surface area (TPSA) is 70.3 Å². The van der Waals surface area contributed by atoms with Crippen molar-refractivity contribution in [1.82, 2.24) is 9.97 Å². The van der Waals surface area contributed by atoms with Crippen LogP contribution in [0, 0.1) is 5.82 Å². The number of aromatic nitrogens is 2. The second-order valence-corrected chi connectivity index (χ2v) is 4.13. The average Bonchev–Trinajstić information content (AvgIpc) is 2.36. The summed E-state index contributed by atoms with van der Waals surface area (Å²) in [7, 11) is 1.43. The fourth-order valence-corrected chi connectivity index (χ4v) is 1.51. The van der Waals surface area contributed by atoms with Crippen LogP contribution in [0.5, 0.6) is 17.5 Å². The SMILES string of the molecule is COc1ncnc(Oc2ccc(Br)c(F)c2)c1N. The number of benzene rings is 1. The molecule has 0 radical (unpaired) electrons. The van der Waals surface area contributed by atoms with Crippen molar-refractivity contribution in [2.24, 2.45) is 0 Å². The zero-order valence-corrected chi connectivity index (χ0v) is 10.9. The molecule has 7 heteroatoms. The summed E-state index contributed by atoms with van der Waals surface area (Å²) < 4.78 is 24.0. The molecule has 1 heterocycles. The summed E-state index contributed by atoms with van der Waals surface area (Å²) in [6.07, 6.45) is 1.25. The summed E-state index contributed by atoms with van der Waals surface area (Å²) in [5, 5.41) is 0. The zero-order chi connectivity index (χ0) is 13.1. The maximum atomic E-state index is 13.3. The second-order valence-electron chi connectivity index (χ2n) is 3.28. The van der Waals surface area contributed by atoms with E-state index in [1.807, 2.05) is 0 Å². The molecule has 0 atom stereocenters. The highest BCUT2D eigenvalue weighted by Gasteiger charge is 2.11. The van der Waals surface area contributed by atoms with Gasteiger partial charge in [0, 0.05) is 6.07 Å². The van der Waals surface area contributed by atoms with E-state index in [1.54, 1.807) is 6.07 Å². The first-order chi connectivity index (χ1) is 8.61. The van der Waals surface area contributed by atoms with Crippen LogP contribution in [0.2, 0.25) is 0 Å². The van der Waals surface area contributed by atoms with Crippen molar-refractivity contribution < 1.29 is 13.9 Å². The predicted octanol–water partition coefficient (Wildman–Crippen LogP) is 2.76. The highest BCUT2D eigenvalue weighted by molar-refractivity contribution is 9.10. The van der Waals surface area contributed by atoms with Crippen LogP contribution in [0.25, 0.3) is 0 Å². The van der Waals surface area contributed by atoms with Gasteiger partial charge in [-0.3, -0.25) is 0 Å². The van der Waals surface area contributed by atoms with Gasteiger partial charge in [-0.05, 0) is 28.1 Å². The summed E-state index contributed by atoms with van der Waals surface area (Å²) in [6.45, 7) is 0. The minimum atomic E-state index is -0.438. The number of halogens is 2. The number of nitrogens with two attached hydrogens (primary N) is 1. The molecule has 0 unspecified atom stereocenters. The van der Waals surface area contributed by atoms with Crippen molar-refractivity contribution in [3.8, 4) is 17.5 Å². The quantitative estimate of drug-likeness (QED) is 0.943. The molecule has 0 aliphatic heterocycles. The van der Waals surface area contributed by atoms with E-state index in [1.165, 1.54) is 25.6 Å². The number of hydrogen-bond donors (Lipinski definition) is 1. The molecule has 0 spiro atoms. The number of nitrogens with zero attached hydrogens (tertiary/aromatic N) is 2. The van der Waals surface area contributed by atoms with E-state index >= 15 is 0 Å². The lowest BCUT2D eigenvalue weighted by molar-refractivity contribution is 0.391. The van der Waals surface area contributed by atoms with Gasteiger partial charge in [-0.25, -0.2) is 4.39 Å². The van der Waals surface area contributed by atoms with Crippen LogP contribution in [-0.2, 0) is 0 Å². The van der Waals surface area contributed by atoms with Gasteiger partial charge >= 0.3 is 0 Å². The molecule has 5 nitrogen and oxygen atoms in total. The molecule has 2 aromatic rings. The van der Waals surface area contributed by atoms with Crippen molar-refractivity contribution in [2.75, 3.05) is 12.8 Å². The molecular weight excluding hydrogens is 305 g/mol. The van der Waals surface area contributed by atoms with E-state index in [4.69, 9.17) is 15.2 Å². The van der Waals surface area contributed by atoms with Crippen molar-refractivity contribution in [2.45, 2.75) is 0 Å². The van der Waals surface area contributed by atoms with E-state index in [0.717, 1.165) is 0 Å². The summed E-state index contributed by atoms with van der Waals surface area (Å²) in [5.74, 6) is 0.163. The van der Waals surface area contributed by atoms with Crippen LogP contribution in [0.1, 0.15) is 0 Å². The van der Waals surface area contributed by atoms with Crippen LogP contribution in [-0.4, -0.2) is 17.1 Å². The molecule has 1 aromatic carbocycles. The minimum Gasteiger partial charge on any atom is -0.479 e. The van der Waals surface area contributed by atoms with Gasteiger partial charge < -0.3 is 15.2 Å². The van der Waals surface area contributed by atoms with Gasteiger partial charge in [0.1, 0.15) is 17.9 Å². The summed E-state index contributed by atoms with van der Waals surface area (Å²) in [5.41, 5.74) is 5.89. The van der Waals surface area contributed by atoms with E-state index in [9.17, 15) is 4.39 Å². The molecule has 0 fully saturated rings. The van der Waals surface area contributed by atoms with Crippen LogP contribution < -0.4 is 15.2 Å². The molecule has 0 saturated heterocycles. The molecule has 0 aliphatic rings. The molecular formula is C11H9BrFN3O2. The van der Waals surface area contributed by atoms with Crippen molar-refractivity contribution in [3.05, 3.63) is 34.8 Å². The molecule has 94 valence electrons. The minimum absolute atomic E-state index is 0.114. The van der Waals surface area contributed by atoms with Crippen LogP contribution in [0.3, 0.4) is 0 Å². The van der Waals surface area contributed by atoms with Crippen LogP contribution in [0.15, 0.2) is 29.0 Å². The molecule has 1 aromatic heterocycles. The largest absolute Gasteiger partial charge is 0.479 e. The summed E-state index contributed by atoms with van der Waals surface area (Å²) in [4.78, 5) is 7.67. The summed E-state index contributed by atoms with van der Waals surface area (Å²) >= 11 is 3.05.